The fourth-order valence-corrected chi connectivity index (χ4v) is 3.88. The number of hydrogen-bond donors (Lipinski definition) is 1. The van der Waals surface area contributed by atoms with Gasteiger partial charge in [-0.1, -0.05) is 12.1 Å². The second-order valence-electron chi connectivity index (χ2n) is 7.87. The molecule has 1 atom stereocenters. The van der Waals surface area contributed by atoms with Crippen molar-refractivity contribution in [2.75, 3.05) is 40.6 Å². The monoisotopic (exact) mass is 438 g/mol. The molecule has 2 aliphatic rings. The Balaban J connectivity index is 1.79. The first-order valence-corrected chi connectivity index (χ1v) is 10.5. The van der Waals surface area contributed by atoms with Gasteiger partial charge in [0, 0.05) is 18.7 Å². The molecule has 2 heterocycles. The Labute approximate surface area is 186 Å². The highest BCUT2D eigenvalue weighted by atomic mass is 16.7. The van der Waals surface area contributed by atoms with Crippen molar-refractivity contribution in [3.05, 3.63) is 59.2 Å². The maximum atomic E-state index is 13.1. The van der Waals surface area contributed by atoms with Crippen LogP contribution in [0.5, 0.6) is 17.2 Å². The predicted molar refractivity (Wildman–Crippen MR) is 118 cm³/mol. The van der Waals surface area contributed by atoms with Crippen LogP contribution in [0.15, 0.2) is 48.0 Å². The highest BCUT2D eigenvalue weighted by Crippen LogP contribution is 2.41. The number of ether oxygens (including phenoxy) is 3. The first-order valence-electron chi connectivity index (χ1n) is 10.5. The molecule has 2 aromatic carbocycles. The number of likely N-dealkylation sites (N-methyl/N-ethyl adjacent to an activating group) is 1. The normalized spacial score (nSPS) is 19.1. The van der Waals surface area contributed by atoms with E-state index in [1.807, 2.05) is 38.1 Å². The molecular formula is C24H26N2O6. The molecular weight excluding hydrogens is 412 g/mol. The first-order chi connectivity index (χ1) is 15.4. The van der Waals surface area contributed by atoms with Crippen molar-refractivity contribution >= 4 is 17.4 Å². The summed E-state index contributed by atoms with van der Waals surface area (Å²) in [6, 6.07) is 11.4. The van der Waals surface area contributed by atoms with Crippen LogP contribution in [0.4, 0.5) is 0 Å². The van der Waals surface area contributed by atoms with Gasteiger partial charge < -0.3 is 29.1 Å². The summed E-state index contributed by atoms with van der Waals surface area (Å²) in [5.74, 6) is 0.153. The van der Waals surface area contributed by atoms with Crippen LogP contribution < -0.4 is 14.2 Å². The van der Waals surface area contributed by atoms with E-state index in [1.165, 1.54) is 4.90 Å². The summed E-state index contributed by atoms with van der Waals surface area (Å²) in [6.45, 7) is 3.44. The van der Waals surface area contributed by atoms with Crippen molar-refractivity contribution in [3.63, 3.8) is 0 Å². The summed E-state index contributed by atoms with van der Waals surface area (Å²) in [7, 11) is 3.80. The summed E-state index contributed by atoms with van der Waals surface area (Å²) in [5, 5.41) is 11.2. The van der Waals surface area contributed by atoms with E-state index in [9.17, 15) is 14.7 Å². The lowest BCUT2D eigenvalue weighted by Gasteiger charge is -2.26. The molecule has 8 nitrogen and oxygen atoms in total. The SMILES string of the molecule is CCOc1ccc(C2/C(=C(\O)c3ccc4c(c3)OCO4)C(=O)C(=O)N2CCN(C)C)cc1. The molecule has 2 aliphatic heterocycles. The molecule has 0 saturated carbocycles. The van der Waals surface area contributed by atoms with Gasteiger partial charge in [0.1, 0.15) is 11.5 Å². The predicted octanol–water partition coefficient (Wildman–Crippen LogP) is 2.80. The van der Waals surface area contributed by atoms with Gasteiger partial charge in [-0.15, -0.1) is 0 Å². The molecule has 32 heavy (non-hydrogen) atoms. The molecule has 0 bridgehead atoms. The number of nitrogens with zero attached hydrogens (tertiary/aromatic N) is 2. The number of fused-ring (bicyclic) bond motifs is 1. The van der Waals surface area contributed by atoms with E-state index in [4.69, 9.17) is 14.2 Å². The van der Waals surface area contributed by atoms with E-state index in [1.54, 1.807) is 30.3 Å². The minimum absolute atomic E-state index is 0.0526. The van der Waals surface area contributed by atoms with Crippen LogP contribution in [0.1, 0.15) is 24.1 Å². The molecule has 0 aromatic heterocycles. The molecule has 1 fully saturated rings. The van der Waals surface area contributed by atoms with Gasteiger partial charge >= 0.3 is 0 Å². The Bertz CT molecular complexity index is 1060. The van der Waals surface area contributed by atoms with Crippen LogP contribution in [-0.2, 0) is 9.59 Å². The van der Waals surface area contributed by atoms with E-state index < -0.39 is 17.7 Å². The fourth-order valence-electron chi connectivity index (χ4n) is 3.88. The van der Waals surface area contributed by atoms with Gasteiger partial charge in [-0.25, -0.2) is 0 Å². The Morgan fingerprint density at radius 3 is 2.53 bits per heavy atom. The van der Waals surface area contributed by atoms with Crippen LogP contribution in [0.2, 0.25) is 0 Å². The minimum atomic E-state index is -0.712. The Hall–Kier alpha value is -3.52. The standard InChI is InChI=1S/C24H26N2O6/c1-4-30-17-8-5-15(6-9-17)21-20(23(28)24(29)26(21)12-11-25(2)3)22(27)16-7-10-18-19(13-16)32-14-31-18/h5-10,13,21,27H,4,11-12,14H2,1-3H3/b22-20+. The zero-order valence-electron chi connectivity index (χ0n) is 18.3. The quantitative estimate of drug-likeness (QED) is 0.404. The molecule has 1 unspecified atom stereocenters. The fraction of sp³-hybridized carbons (Fsp3) is 0.333. The zero-order chi connectivity index (χ0) is 22.8. The van der Waals surface area contributed by atoms with Gasteiger partial charge in [0.05, 0.1) is 18.2 Å². The van der Waals surface area contributed by atoms with Gasteiger partial charge in [0.25, 0.3) is 11.7 Å². The average molecular weight is 438 g/mol. The average Bonchev–Trinajstić information content (AvgIpc) is 3.35. The van der Waals surface area contributed by atoms with Crippen LogP contribution in [0.3, 0.4) is 0 Å². The summed E-state index contributed by atoms with van der Waals surface area (Å²) in [5.41, 5.74) is 1.15. The summed E-state index contributed by atoms with van der Waals surface area (Å²) >= 11 is 0. The highest BCUT2D eigenvalue weighted by molar-refractivity contribution is 6.46. The van der Waals surface area contributed by atoms with Crippen molar-refractivity contribution < 1.29 is 28.9 Å². The highest BCUT2D eigenvalue weighted by Gasteiger charge is 2.46. The van der Waals surface area contributed by atoms with E-state index >= 15 is 0 Å². The van der Waals surface area contributed by atoms with Gasteiger partial charge in [0.15, 0.2) is 11.5 Å². The number of ketones is 1. The lowest BCUT2D eigenvalue weighted by molar-refractivity contribution is -0.140. The lowest BCUT2D eigenvalue weighted by atomic mass is 9.95. The molecule has 1 saturated heterocycles. The molecule has 8 heteroatoms. The van der Waals surface area contributed by atoms with Crippen LogP contribution in [0, 0.1) is 0 Å². The molecule has 1 amide bonds. The van der Waals surface area contributed by atoms with Crippen molar-refractivity contribution in [2.24, 2.45) is 0 Å². The molecule has 0 aliphatic carbocycles. The number of benzene rings is 2. The molecule has 1 N–H and O–H groups in total. The van der Waals surface area contributed by atoms with Gasteiger partial charge in [-0.2, -0.15) is 0 Å². The lowest BCUT2D eigenvalue weighted by Crippen LogP contribution is -2.35. The van der Waals surface area contributed by atoms with E-state index in [0.717, 1.165) is 0 Å². The number of carbonyl (C=O) groups excluding carboxylic acids is 2. The van der Waals surface area contributed by atoms with Gasteiger partial charge in [-0.3, -0.25) is 9.59 Å². The maximum Gasteiger partial charge on any atom is 0.295 e. The first kappa shape index (κ1) is 21.7. The third-order valence-electron chi connectivity index (χ3n) is 5.48. The number of carbonyl (C=O) groups is 2. The Morgan fingerprint density at radius 1 is 1.12 bits per heavy atom. The summed E-state index contributed by atoms with van der Waals surface area (Å²) < 4.78 is 16.2. The third-order valence-corrected chi connectivity index (χ3v) is 5.48. The molecule has 0 spiro atoms. The number of Topliss-reactive ketones (excluding diaryl/α,β-unsaturated/α-hetero) is 1. The molecule has 0 radical (unpaired) electrons. The van der Waals surface area contributed by atoms with Crippen LogP contribution in [-0.4, -0.2) is 67.2 Å². The van der Waals surface area contributed by atoms with Gasteiger partial charge in [0.2, 0.25) is 6.79 Å². The van der Waals surface area contributed by atoms with Crippen LogP contribution in [0.25, 0.3) is 5.76 Å². The van der Waals surface area contributed by atoms with Crippen molar-refractivity contribution in [1.29, 1.82) is 0 Å². The number of rotatable bonds is 7. The zero-order valence-corrected chi connectivity index (χ0v) is 18.3. The second kappa shape index (κ2) is 8.92. The van der Waals surface area contributed by atoms with Gasteiger partial charge in [-0.05, 0) is 56.9 Å². The molecule has 168 valence electrons. The van der Waals surface area contributed by atoms with E-state index in [-0.39, 0.29) is 18.1 Å². The Kier molecular flexibility index (Phi) is 6.05. The second-order valence-corrected chi connectivity index (χ2v) is 7.87. The van der Waals surface area contributed by atoms with E-state index in [0.29, 0.717) is 48.1 Å². The van der Waals surface area contributed by atoms with E-state index in [2.05, 4.69) is 0 Å². The largest absolute Gasteiger partial charge is 0.507 e. The molecule has 4 rings (SSSR count). The Morgan fingerprint density at radius 2 is 1.84 bits per heavy atom. The molecule has 2 aromatic rings. The third kappa shape index (κ3) is 4.01. The topological polar surface area (TPSA) is 88.5 Å². The maximum absolute atomic E-state index is 13.1. The number of hydrogen-bond acceptors (Lipinski definition) is 7. The van der Waals surface area contributed by atoms with Crippen molar-refractivity contribution in [3.8, 4) is 17.2 Å². The summed E-state index contributed by atoms with van der Waals surface area (Å²) in [6.07, 6.45) is 0. The number of aliphatic hydroxyl groups excluding tert-OH is 1. The summed E-state index contributed by atoms with van der Waals surface area (Å²) in [4.78, 5) is 29.5. The minimum Gasteiger partial charge on any atom is -0.507 e. The number of amides is 1. The van der Waals surface area contributed by atoms with Crippen molar-refractivity contribution in [1.82, 2.24) is 9.80 Å². The smallest absolute Gasteiger partial charge is 0.295 e. The van der Waals surface area contributed by atoms with Crippen LogP contribution >= 0.6 is 0 Å². The number of aliphatic hydroxyl groups is 1. The van der Waals surface area contributed by atoms with Crippen molar-refractivity contribution in [2.45, 2.75) is 13.0 Å². The number of likely N-dealkylation sites (tertiary alicyclic amines) is 1.